The topological polar surface area (TPSA) is 78.9 Å². The summed E-state index contributed by atoms with van der Waals surface area (Å²) in [7, 11) is 0. The average molecular weight is 509 g/mol. The molecule has 0 N–H and O–H groups in total. The number of ether oxygens (including phenoxy) is 3. The summed E-state index contributed by atoms with van der Waals surface area (Å²) < 4.78 is 17.0. The minimum atomic E-state index is -0.660. The lowest BCUT2D eigenvalue weighted by atomic mass is 9.85. The second-order valence-corrected chi connectivity index (χ2v) is 12.1. The molecule has 0 atom stereocenters. The van der Waals surface area contributed by atoms with Crippen LogP contribution in [0.15, 0.2) is 42.5 Å². The van der Waals surface area contributed by atoms with E-state index in [-0.39, 0.29) is 23.1 Å². The third kappa shape index (κ3) is 8.31. The third-order valence-electron chi connectivity index (χ3n) is 5.41. The Kier molecular flexibility index (Phi) is 9.13. The van der Waals surface area contributed by atoms with Crippen molar-refractivity contribution in [3.05, 3.63) is 59.2 Å². The largest absolute Gasteiger partial charge is 0.493 e. The van der Waals surface area contributed by atoms with Crippen LogP contribution in [0.25, 0.3) is 6.08 Å². The normalized spacial score (nSPS) is 12.4. The zero-order valence-corrected chi connectivity index (χ0v) is 23.8. The quantitative estimate of drug-likeness (QED) is 0.171. The van der Waals surface area contributed by atoms with E-state index in [1.165, 1.54) is 6.08 Å². The number of rotatable bonds is 7. The molecular weight excluding hydrogens is 468 g/mol. The Morgan fingerprint density at radius 3 is 1.78 bits per heavy atom. The molecule has 0 aromatic heterocycles. The Morgan fingerprint density at radius 2 is 1.30 bits per heavy atom. The molecule has 0 radical (unpaired) electrons. The summed E-state index contributed by atoms with van der Waals surface area (Å²) >= 11 is 0. The van der Waals surface area contributed by atoms with E-state index in [1.807, 2.05) is 33.8 Å². The highest BCUT2D eigenvalue weighted by atomic mass is 16.5. The predicted molar refractivity (Wildman–Crippen MR) is 146 cm³/mol. The van der Waals surface area contributed by atoms with E-state index in [4.69, 9.17) is 14.2 Å². The van der Waals surface area contributed by atoms with Gasteiger partial charge in [0.2, 0.25) is 0 Å². The van der Waals surface area contributed by atoms with Gasteiger partial charge in [0.05, 0.1) is 17.4 Å². The third-order valence-corrected chi connectivity index (χ3v) is 5.41. The van der Waals surface area contributed by atoms with Crippen molar-refractivity contribution in [3.63, 3.8) is 0 Å². The van der Waals surface area contributed by atoms with Crippen molar-refractivity contribution in [3.8, 4) is 17.2 Å². The molecule has 37 heavy (non-hydrogen) atoms. The van der Waals surface area contributed by atoms with Gasteiger partial charge in [-0.05, 0) is 96.4 Å². The van der Waals surface area contributed by atoms with Gasteiger partial charge in [-0.3, -0.25) is 14.4 Å². The molecule has 0 amide bonds. The number of carbonyl (C=O) groups excluding carboxylic acids is 3. The fraction of sp³-hybridized carbons (Fsp3) is 0.452. The van der Waals surface area contributed by atoms with Gasteiger partial charge in [0.1, 0.15) is 17.2 Å². The van der Waals surface area contributed by atoms with Crippen LogP contribution >= 0.6 is 0 Å². The van der Waals surface area contributed by atoms with Crippen LogP contribution in [-0.2, 0) is 15.0 Å². The molecule has 2 aromatic carbocycles. The monoisotopic (exact) mass is 508 g/mol. The van der Waals surface area contributed by atoms with Crippen molar-refractivity contribution >= 4 is 23.8 Å². The summed E-state index contributed by atoms with van der Waals surface area (Å²) in [6.45, 7) is 19.1. The van der Waals surface area contributed by atoms with E-state index in [2.05, 4.69) is 0 Å². The molecule has 200 valence electrons. The number of ketones is 1. The summed E-state index contributed by atoms with van der Waals surface area (Å²) in [6, 6.07) is 10.1. The summed E-state index contributed by atoms with van der Waals surface area (Å²) in [6.07, 6.45) is 3.17. The van der Waals surface area contributed by atoms with Gasteiger partial charge < -0.3 is 14.2 Å². The molecule has 6 heteroatoms. The lowest BCUT2D eigenvalue weighted by molar-refractivity contribution is -0.143. The van der Waals surface area contributed by atoms with Gasteiger partial charge in [0, 0.05) is 22.8 Å². The smallest absolute Gasteiger partial charge is 0.316 e. The Bertz CT molecular complexity index is 1170. The number of esters is 2. The Hall–Kier alpha value is -3.41. The van der Waals surface area contributed by atoms with Crippen LogP contribution in [0.4, 0.5) is 0 Å². The van der Waals surface area contributed by atoms with Gasteiger partial charge in [-0.2, -0.15) is 0 Å². The number of allylic oxidation sites excluding steroid dienone is 1. The van der Waals surface area contributed by atoms with E-state index >= 15 is 0 Å². The maximum Gasteiger partial charge on any atom is 0.316 e. The summed E-state index contributed by atoms with van der Waals surface area (Å²) in [5.41, 5.74) is 0.369. The molecule has 0 fully saturated rings. The SMILES string of the molecule is CCOc1cc(OC(=O)C(C)(C)C)c(C(C)(C)C)cc1/C=C/C(=O)c1ccc(OC(=O)C(C)(C)C)cc1. The fourth-order valence-corrected chi connectivity index (χ4v) is 3.12. The van der Waals surface area contributed by atoms with Crippen LogP contribution in [-0.4, -0.2) is 24.3 Å². The fourth-order valence-electron chi connectivity index (χ4n) is 3.12. The van der Waals surface area contributed by atoms with Crippen LogP contribution in [0.2, 0.25) is 0 Å². The van der Waals surface area contributed by atoms with Gasteiger partial charge in [-0.15, -0.1) is 0 Å². The van der Waals surface area contributed by atoms with Crippen molar-refractivity contribution < 1.29 is 28.6 Å². The van der Waals surface area contributed by atoms with E-state index < -0.39 is 10.8 Å². The highest BCUT2D eigenvalue weighted by molar-refractivity contribution is 6.07. The number of benzene rings is 2. The molecule has 0 heterocycles. The molecule has 6 nitrogen and oxygen atoms in total. The molecule has 0 unspecified atom stereocenters. The Balaban J connectivity index is 2.37. The number of carbonyl (C=O) groups is 3. The summed E-state index contributed by atoms with van der Waals surface area (Å²) in [5.74, 6) is 0.447. The van der Waals surface area contributed by atoms with Gasteiger partial charge in [0.25, 0.3) is 0 Å². The minimum absolute atomic E-state index is 0.211. The highest BCUT2D eigenvalue weighted by Crippen LogP contribution is 2.38. The maximum atomic E-state index is 12.9. The standard InChI is InChI=1S/C31H40O6/c1-11-35-25-19-26(37-28(34)31(8,9)10)23(29(2,3)4)18-21(25)14-17-24(32)20-12-15-22(16-13-20)36-27(33)30(5,6)7/h12-19H,11H2,1-10H3/b17-14+. The van der Waals surface area contributed by atoms with Crippen molar-refractivity contribution in [1.82, 2.24) is 0 Å². The summed E-state index contributed by atoms with van der Waals surface area (Å²) in [4.78, 5) is 37.6. The maximum absolute atomic E-state index is 12.9. The first kappa shape index (κ1) is 29.8. The highest BCUT2D eigenvalue weighted by Gasteiger charge is 2.28. The van der Waals surface area contributed by atoms with Crippen molar-refractivity contribution in [1.29, 1.82) is 0 Å². The van der Waals surface area contributed by atoms with E-state index in [0.29, 0.717) is 35.0 Å². The van der Waals surface area contributed by atoms with Crippen molar-refractivity contribution in [2.24, 2.45) is 10.8 Å². The van der Waals surface area contributed by atoms with Crippen molar-refractivity contribution in [2.45, 2.75) is 74.7 Å². The predicted octanol–water partition coefficient (Wildman–Crippen LogP) is 7.18. The molecule has 2 aromatic rings. The first-order chi connectivity index (χ1) is 16.9. The zero-order valence-electron chi connectivity index (χ0n) is 23.8. The minimum Gasteiger partial charge on any atom is -0.493 e. The second-order valence-electron chi connectivity index (χ2n) is 12.1. The Labute approximate surface area is 221 Å². The zero-order chi connectivity index (χ0) is 28.2. The van der Waals surface area contributed by atoms with Crippen LogP contribution in [0.3, 0.4) is 0 Å². The molecule has 0 aliphatic rings. The van der Waals surface area contributed by atoms with Gasteiger partial charge in [0.15, 0.2) is 5.78 Å². The lowest BCUT2D eigenvalue weighted by Gasteiger charge is -2.26. The number of hydrogen-bond acceptors (Lipinski definition) is 6. The molecule has 0 aliphatic heterocycles. The molecule has 0 saturated carbocycles. The molecule has 2 rings (SSSR count). The molecular formula is C31H40O6. The van der Waals surface area contributed by atoms with Crippen LogP contribution in [0.5, 0.6) is 17.2 Å². The second kappa shape index (κ2) is 11.3. The molecule has 0 saturated heterocycles. The van der Waals surface area contributed by atoms with E-state index in [0.717, 1.165) is 5.56 Å². The first-order valence-corrected chi connectivity index (χ1v) is 12.5. The average Bonchev–Trinajstić information content (AvgIpc) is 2.76. The molecule has 0 spiro atoms. The summed E-state index contributed by atoms with van der Waals surface area (Å²) in [5, 5.41) is 0. The lowest BCUT2D eigenvalue weighted by Crippen LogP contribution is -2.27. The first-order valence-electron chi connectivity index (χ1n) is 12.5. The Morgan fingerprint density at radius 1 is 0.757 bits per heavy atom. The van der Waals surface area contributed by atoms with E-state index in [1.54, 1.807) is 78.0 Å². The number of hydrogen-bond donors (Lipinski definition) is 0. The molecule has 0 bridgehead atoms. The van der Waals surface area contributed by atoms with E-state index in [9.17, 15) is 14.4 Å². The van der Waals surface area contributed by atoms with Crippen LogP contribution in [0, 0.1) is 10.8 Å². The molecule has 0 aliphatic carbocycles. The van der Waals surface area contributed by atoms with Gasteiger partial charge in [-0.1, -0.05) is 20.8 Å². The van der Waals surface area contributed by atoms with Crippen LogP contribution in [0.1, 0.15) is 90.7 Å². The van der Waals surface area contributed by atoms with Gasteiger partial charge in [-0.25, -0.2) is 0 Å². The van der Waals surface area contributed by atoms with Gasteiger partial charge >= 0.3 is 11.9 Å². The van der Waals surface area contributed by atoms with Crippen LogP contribution < -0.4 is 14.2 Å². The van der Waals surface area contributed by atoms with Crippen molar-refractivity contribution in [2.75, 3.05) is 6.61 Å².